The summed E-state index contributed by atoms with van der Waals surface area (Å²) in [4.78, 5) is 85.5. The smallest absolute Gasteiger partial charge is 0.334 e. The molecular weight excluding hydrogens is 655 g/mol. The number of thiol groups is 1. The first-order chi connectivity index (χ1) is 21.1. The van der Waals surface area contributed by atoms with Gasteiger partial charge in [0.2, 0.25) is 33.9 Å². The molecule has 2 aromatic carbocycles. The predicted molar refractivity (Wildman–Crippen MR) is 168 cm³/mol. The predicted octanol–water partition coefficient (Wildman–Crippen LogP) is 1.60. The van der Waals surface area contributed by atoms with Crippen LogP contribution in [0.5, 0.6) is 5.75 Å². The zero-order chi connectivity index (χ0) is 33.8. The number of nitrogens with two attached hydrogens (primary N) is 1. The minimum absolute atomic E-state index is 0.0245. The molecule has 0 saturated heterocycles. The van der Waals surface area contributed by atoms with E-state index >= 15 is 0 Å². The lowest BCUT2D eigenvalue weighted by atomic mass is 10.0. The van der Waals surface area contributed by atoms with Crippen LogP contribution in [0.2, 0.25) is 0 Å². The van der Waals surface area contributed by atoms with Gasteiger partial charge in [0.05, 0.1) is 5.56 Å². The van der Waals surface area contributed by atoms with Crippen LogP contribution in [0.4, 0.5) is 8.78 Å². The number of carbonyl (C=O) groups excluding carboxylic acids is 7. The highest BCUT2D eigenvalue weighted by atomic mass is 32.2. The molecule has 0 spiro atoms. The van der Waals surface area contributed by atoms with Gasteiger partial charge < -0.3 is 26.4 Å². The van der Waals surface area contributed by atoms with Gasteiger partial charge in [-0.05, 0) is 29.8 Å². The molecule has 45 heavy (non-hydrogen) atoms. The van der Waals surface area contributed by atoms with E-state index in [0.29, 0.717) is 29.6 Å². The SMILES string of the molecule is CC(=O)NC(CSC(=O)c1cc(-c2ccc(F)cc2F)ccc1OC(=O)C(CSC(=O)C(CS)NC(C)=O)NC(C)=O)C(N)=O. The molecule has 0 aliphatic heterocycles. The molecule has 0 radical (unpaired) electrons. The van der Waals surface area contributed by atoms with Gasteiger partial charge in [0.1, 0.15) is 35.5 Å². The van der Waals surface area contributed by atoms with Crippen LogP contribution in [0.15, 0.2) is 36.4 Å². The first-order valence-electron chi connectivity index (χ1n) is 13.0. The molecule has 0 aliphatic carbocycles. The number of esters is 1. The van der Waals surface area contributed by atoms with E-state index in [1.807, 2.05) is 0 Å². The molecule has 0 saturated carbocycles. The van der Waals surface area contributed by atoms with Gasteiger partial charge in [-0.15, -0.1) is 0 Å². The Bertz CT molecular complexity index is 1490. The number of hydrogen-bond acceptors (Lipinski definition) is 11. The minimum Gasteiger partial charge on any atom is -0.424 e. The van der Waals surface area contributed by atoms with Gasteiger partial charge in [-0.25, -0.2) is 13.6 Å². The Labute approximate surface area is 270 Å². The van der Waals surface area contributed by atoms with Gasteiger partial charge in [-0.2, -0.15) is 12.6 Å². The summed E-state index contributed by atoms with van der Waals surface area (Å²) in [5, 5.41) is 5.78. The summed E-state index contributed by atoms with van der Waals surface area (Å²) in [6, 6.07) is 2.89. The van der Waals surface area contributed by atoms with Crippen LogP contribution in [0.25, 0.3) is 11.1 Å². The molecule has 242 valence electrons. The topological polar surface area (TPSA) is 191 Å². The van der Waals surface area contributed by atoms with Gasteiger partial charge in [0.15, 0.2) is 0 Å². The Morgan fingerprint density at radius 1 is 0.822 bits per heavy atom. The maximum Gasteiger partial charge on any atom is 0.334 e. The van der Waals surface area contributed by atoms with Crippen molar-refractivity contribution >= 4 is 76.0 Å². The summed E-state index contributed by atoms with van der Waals surface area (Å²) in [7, 11) is 0. The Balaban J connectivity index is 2.41. The third-order valence-electron chi connectivity index (χ3n) is 5.65. The fraction of sp³-hybridized carbons (Fsp3) is 0.321. The first kappa shape index (κ1) is 37.2. The Morgan fingerprint density at radius 2 is 1.40 bits per heavy atom. The molecule has 0 aromatic heterocycles. The molecule has 2 rings (SSSR count). The van der Waals surface area contributed by atoms with E-state index in [0.717, 1.165) is 26.0 Å². The lowest BCUT2D eigenvalue weighted by Crippen LogP contribution is -2.45. The summed E-state index contributed by atoms with van der Waals surface area (Å²) < 4.78 is 33.5. The van der Waals surface area contributed by atoms with Gasteiger partial charge >= 0.3 is 5.97 Å². The van der Waals surface area contributed by atoms with Crippen molar-refractivity contribution in [3.05, 3.63) is 53.6 Å². The highest BCUT2D eigenvalue weighted by Crippen LogP contribution is 2.32. The molecule has 3 unspecified atom stereocenters. The molecule has 0 aliphatic rings. The Hall–Kier alpha value is -3.96. The van der Waals surface area contributed by atoms with E-state index in [1.54, 1.807) is 0 Å². The van der Waals surface area contributed by atoms with Crippen LogP contribution in [0, 0.1) is 11.6 Å². The van der Waals surface area contributed by atoms with Crippen molar-refractivity contribution in [2.75, 3.05) is 17.3 Å². The van der Waals surface area contributed by atoms with E-state index in [2.05, 4.69) is 28.6 Å². The number of amides is 4. The molecule has 4 amide bonds. The van der Waals surface area contributed by atoms with Crippen molar-refractivity contribution < 1.29 is 47.1 Å². The largest absolute Gasteiger partial charge is 0.424 e. The van der Waals surface area contributed by atoms with E-state index in [-0.39, 0.29) is 39.7 Å². The quantitative estimate of drug-likeness (QED) is 0.111. The first-order valence-corrected chi connectivity index (χ1v) is 15.6. The summed E-state index contributed by atoms with van der Waals surface area (Å²) in [6.45, 7) is 3.49. The van der Waals surface area contributed by atoms with Crippen molar-refractivity contribution in [1.82, 2.24) is 16.0 Å². The van der Waals surface area contributed by atoms with Crippen LogP contribution in [0.3, 0.4) is 0 Å². The molecule has 12 nitrogen and oxygen atoms in total. The monoisotopic (exact) mass is 684 g/mol. The number of primary amides is 1. The van der Waals surface area contributed by atoms with Crippen LogP contribution < -0.4 is 26.4 Å². The third-order valence-corrected chi connectivity index (χ3v) is 8.07. The lowest BCUT2D eigenvalue weighted by molar-refractivity contribution is -0.138. The number of thioether (sulfide) groups is 2. The second-order valence-corrected chi connectivity index (χ2v) is 11.7. The lowest BCUT2D eigenvalue weighted by Gasteiger charge is -2.19. The standard InChI is InChI=1S/C28H30F2N4O8S3/c1-13(35)32-21(10-43)28(41)45-12-23(34-15(3)37)26(39)42-24-7-4-16(18-6-5-17(29)9-20(18)30)8-19(24)27(40)44-11-22(25(31)38)33-14(2)36/h4-9,21-23,43H,10-12H2,1-3H3,(H2,31,38)(H,32,35)(H,33,36)(H,34,37). The normalized spacial score (nSPS) is 12.7. The molecule has 0 heterocycles. The molecule has 2 aromatic rings. The van der Waals surface area contributed by atoms with Crippen molar-refractivity contribution in [2.24, 2.45) is 5.73 Å². The number of carbonyl (C=O) groups is 7. The second kappa shape index (κ2) is 17.5. The van der Waals surface area contributed by atoms with Gasteiger partial charge in [0, 0.05) is 49.7 Å². The van der Waals surface area contributed by atoms with Gasteiger partial charge in [-0.1, -0.05) is 29.6 Å². The van der Waals surface area contributed by atoms with E-state index in [9.17, 15) is 42.3 Å². The molecule has 0 bridgehead atoms. The molecule has 3 atom stereocenters. The molecular formula is C28H30F2N4O8S3. The van der Waals surface area contributed by atoms with E-state index in [1.165, 1.54) is 25.1 Å². The van der Waals surface area contributed by atoms with E-state index in [4.69, 9.17) is 10.5 Å². The summed E-state index contributed by atoms with van der Waals surface area (Å²) >= 11 is 5.21. The van der Waals surface area contributed by atoms with Gasteiger partial charge in [-0.3, -0.25) is 28.8 Å². The number of ether oxygens (including phenoxy) is 1. The van der Waals surface area contributed by atoms with E-state index < -0.39 is 69.6 Å². The average Bonchev–Trinajstić information content (AvgIpc) is 2.95. The fourth-order valence-electron chi connectivity index (χ4n) is 3.63. The van der Waals surface area contributed by atoms with Crippen LogP contribution in [-0.2, 0) is 28.8 Å². The third kappa shape index (κ3) is 11.8. The summed E-state index contributed by atoms with van der Waals surface area (Å²) in [5.41, 5.74) is 5.06. The maximum atomic E-state index is 14.6. The average molecular weight is 685 g/mol. The summed E-state index contributed by atoms with van der Waals surface area (Å²) in [5.74, 6) is -6.39. The van der Waals surface area contributed by atoms with Crippen LogP contribution in [-0.4, -0.2) is 75.2 Å². The fourth-order valence-corrected chi connectivity index (χ4v) is 5.79. The second-order valence-electron chi connectivity index (χ2n) is 9.33. The van der Waals surface area contributed by atoms with Gasteiger partial charge in [0.25, 0.3) is 0 Å². The highest BCUT2D eigenvalue weighted by molar-refractivity contribution is 8.14. The highest BCUT2D eigenvalue weighted by Gasteiger charge is 2.28. The number of hydrogen-bond donors (Lipinski definition) is 5. The minimum atomic E-state index is -1.39. The number of rotatable bonds is 14. The Morgan fingerprint density at radius 3 is 1.96 bits per heavy atom. The zero-order valence-corrected chi connectivity index (χ0v) is 26.7. The van der Waals surface area contributed by atoms with Crippen LogP contribution >= 0.6 is 36.2 Å². The number of halogens is 2. The van der Waals surface area contributed by atoms with Crippen LogP contribution in [0.1, 0.15) is 31.1 Å². The summed E-state index contributed by atoms with van der Waals surface area (Å²) in [6.07, 6.45) is 0. The maximum absolute atomic E-state index is 14.6. The molecule has 17 heteroatoms. The Kier molecular flexibility index (Phi) is 14.5. The molecule has 5 N–H and O–H groups in total. The van der Waals surface area contributed by atoms with Crippen molar-refractivity contribution in [1.29, 1.82) is 0 Å². The van der Waals surface area contributed by atoms with Crippen molar-refractivity contribution in [3.63, 3.8) is 0 Å². The van der Waals surface area contributed by atoms with Crippen molar-refractivity contribution in [2.45, 2.75) is 38.9 Å². The number of nitrogens with one attached hydrogen (secondary N) is 3. The number of benzene rings is 2. The molecule has 0 fully saturated rings. The van der Waals surface area contributed by atoms with Crippen molar-refractivity contribution in [3.8, 4) is 16.9 Å². The zero-order valence-electron chi connectivity index (χ0n) is 24.2.